The number of carbonyl (C=O) groups is 1. The zero-order chi connectivity index (χ0) is 13.9. The third-order valence-corrected chi connectivity index (χ3v) is 4.89. The van der Waals surface area contributed by atoms with Gasteiger partial charge in [0.2, 0.25) is 5.91 Å². The third kappa shape index (κ3) is 3.73. The first-order chi connectivity index (χ1) is 9.72. The van der Waals surface area contributed by atoms with E-state index >= 15 is 0 Å². The molecular weight excluding hydrogens is 252 g/mol. The fourth-order valence-electron chi connectivity index (χ4n) is 3.52. The van der Waals surface area contributed by atoms with Crippen LogP contribution in [0.5, 0.6) is 0 Å². The van der Waals surface area contributed by atoms with Gasteiger partial charge in [-0.15, -0.1) is 0 Å². The van der Waals surface area contributed by atoms with Crippen LogP contribution in [0.3, 0.4) is 0 Å². The maximum absolute atomic E-state index is 12.5. The van der Waals surface area contributed by atoms with E-state index in [1.807, 2.05) is 0 Å². The summed E-state index contributed by atoms with van der Waals surface area (Å²) in [5.74, 6) is 0.351. The summed E-state index contributed by atoms with van der Waals surface area (Å²) in [4.78, 5) is 14.6. The Morgan fingerprint density at radius 3 is 2.70 bits per heavy atom. The van der Waals surface area contributed by atoms with Gasteiger partial charge in [0.1, 0.15) is 0 Å². The van der Waals surface area contributed by atoms with Crippen molar-refractivity contribution in [3.63, 3.8) is 0 Å². The van der Waals surface area contributed by atoms with Gasteiger partial charge in [0.15, 0.2) is 0 Å². The van der Waals surface area contributed by atoms with Gasteiger partial charge >= 0.3 is 0 Å². The highest BCUT2D eigenvalue weighted by Crippen LogP contribution is 2.29. The summed E-state index contributed by atoms with van der Waals surface area (Å²) in [6, 6.07) is 1.07. The van der Waals surface area contributed by atoms with E-state index in [0.29, 0.717) is 36.6 Å². The van der Waals surface area contributed by atoms with Crippen LogP contribution in [-0.2, 0) is 9.53 Å². The topological polar surface area (TPSA) is 41.6 Å². The van der Waals surface area contributed by atoms with E-state index < -0.39 is 0 Å². The summed E-state index contributed by atoms with van der Waals surface area (Å²) in [5, 5.41) is 3.51. The van der Waals surface area contributed by atoms with E-state index in [2.05, 4.69) is 17.1 Å². The number of nitrogens with one attached hydrogen (secondary N) is 1. The zero-order valence-corrected chi connectivity index (χ0v) is 12.6. The number of nitrogens with zero attached hydrogens (tertiary/aromatic N) is 1. The van der Waals surface area contributed by atoms with Crippen molar-refractivity contribution in [3.05, 3.63) is 0 Å². The third-order valence-electron chi connectivity index (χ3n) is 4.89. The first-order valence-corrected chi connectivity index (χ1v) is 8.40. The molecule has 0 aromatic rings. The highest BCUT2D eigenvalue weighted by Gasteiger charge is 2.34. The molecule has 0 aromatic carbocycles. The molecule has 1 aliphatic carbocycles. The Morgan fingerprint density at radius 2 is 2.10 bits per heavy atom. The van der Waals surface area contributed by atoms with Crippen molar-refractivity contribution < 1.29 is 9.53 Å². The molecule has 20 heavy (non-hydrogen) atoms. The molecule has 2 aliphatic heterocycles. The van der Waals surface area contributed by atoms with Gasteiger partial charge in [-0.05, 0) is 58.4 Å². The molecule has 2 heterocycles. The van der Waals surface area contributed by atoms with Gasteiger partial charge in [-0.3, -0.25) is 4.79 Å². The number of carbonyl (C=O) groups excluding carboxylic acids is 1. The van der Waals surface area contributed by atoms with Gasteiger partial charge in [-0.1, -0.05) is 0 Å². The Labute approximate surface area is 122 Å². The zero-order valence-electron chi connectivity index (χ0n) is 12.6. The lowest BCUT2D eigenvalue weighted by Gasteiger charge is -2.26. The molecule has 114 valence electrons. The second-order valence-electron chi connectivity index (χ2n) is 6.76. The highest BCUT2D eigenvalue weighted by molar-refractivity contribution is 5.77. The molecule has 4 nitrogen and oxygen atoms in total. The van der Waals surface area contributed by atoms with Crippen LogP contribution in [0.15, 0.2) is 0 Å². The quantitative estimate of drug-likeness (QED) is 0.810. The lowest BCUT2D eigenvalue weighted by Crippen LogP contribution is -2.42. The average molecular weight is 280 g/mol. The van der Waals surface area contributed by atoms with Crippen LogP contribution in [0.1, 0.15) is 58.3 Å². The van der Waals surface area contributed by atoms with Crippen molar-refractivity contribution in [2.75, 3.05) is 13.1 Å². The Morgan fingerprint density at radius 1 is 1.25 bits per heavy atom. The van der Waals surface area contributed by atoms with E-state index in [-0.39, 0.29) is 0 Å². The van der Waals surface area contributed by atoms with Gasteiger partial charge in [0.25, 0.3) is 0 Å². The van der Waals surface area contributed by atoms with Crippen LogP contribution in [0.2, 0.25) is 0 Å². The van der Waals surface area contributed by atoms with E-state index in [9.17, 15) is 4.79 Å². The van der Waals surface area contributed by atoms with Crippen molar-refractivity contribution in [1.82, 2.24) is 10.2 Å². The number of hydrogen-bond donors (Lipinski definition) is 1. The van der Waals surface area contributed by atoms with Crippen LogP contribution in [-0.4, -0.2) is 48.2 Å². The second-order valence-corrected chi connectivity index (χ2v) is 6.76. The maximum Gasteiger partial charge on any atom is 0.222 e. The molecule has 0 bridgehead atoms. The molecule has 0 radical (unpaired) electrons. The second kappa shape index (κ2) is 6.44. The number of hydrogen-bond acceptors (Lipinski definition) is 3. The van der Waals surface area contributed by atoms with Crippen molar-refractivity contribution >= 4 is 5.91 Å². The molecule has 0 aromatic heterocycles. The van der Waals surface area contributed by atoms with Gasteiger partial charge in [-0.25, -0.2) is 0 Å². The van der Waals surface area contributed by atoms with Crippen molar-refractivity contribution in [2.24, 2.45) is 0 Å². The number of rotatable bonds is 6. The van der Waals surface area contributed by atoms with Crippen molar-refractivity contribution in [3.8, 4) is 0 Å². The molecule has 3 aliphatic rings. The first kappa shape index (κ1) is 14.3. The Bertz CT molecular complexity index is 337. The minimum absolute atomic E-state index is 0.319. The van der Waals surface area contributed by atoms with Crippen molar-refractivity contribution in [2.45, 2.75) is 82.6 Å². The van der Waals surface area contributed by atoms with Gasteiger partial charge in [-0.2, -0.15) is 0 Å². The molecule has 0 unspecified atom stereocenters. The SMILES string of the molecule is C[C@@H]1CC[C@@H](CCC(=O)N(C[C@H]2CCCN2)C2CC2)O1. The molecule has 3 atom stereocenters. The minimum atomic E-state index is 0.319. The molecule has 0 spiro atoms. The summed E-state index contributed by atoms with van der Waals surface area (Å²) < 4.78 is 5.82. The maximum atomic E-state index is 12.5. The van der Waals surface area contributed by atoms with E-state index in [1.165, 1.54) is 25.7 Å². The van der Waals surface area contributed by atoms with E-state index in [0.717, 1.165) is 32.4 Å². The van der Waals surface area contributed by atoms with E-state index in [1.54, 1.807) is 0 Å². The van der Waals surface area contributed by atoms with Crippen LogP contribution in [0.4, 0.5) is 0 Å². The molecule has 3 rings (SSSR count). The molecule has 2 saturated heterocycles. The smallest absolute Gasteiger partial charge is 0.222 e. The predicted molar refractivity (Wildman–Crippen MR) is 78.6 cm³/mol. The normalized spacial score (nSPS) is 33.5. The molecule has 1 amide bonds. The summed E-state index contributed by atoms with van der Waals surface area (Å²) >= 11 is 0. The highest BCUT2D eigenvalue weighted by atomic mass is 16.5. The lowest BCUT2D eigenvalue weighted by molar-refractivity contribution is -0.132. The fraction of sp³-hybridized carbons (Fsp3) is 0.938. The molecular formula is C16H28N2O2. The largest absolute Gasteiger partial charge is 0.375 e. The minimum Gasteiger partial charge on any atom is -0.375 e. The number of amides is 1. The predicted octanol–water partition coefficient (Wildman–Crippen LogP) is 2.08. The molecule has 1 N–H and O–H groups in total. The number of ether oxygens (including phenoxy) is 1. The van der Waals surface area contributed by atoms with Gasteiger partial charge in [0.05, 0.1) is 12.2 Å². The van der Waals surface area contributed by atoms with Gasteiger partial charge in [0, 0.05) is 25.0 Å². The molecule has 4 heteroatoms. The monoisotopic (exact) mass is 280 g/mol. The Hall–Kier alpha value is -0.610. The Kier molecular flexibility index (Phi) is 4.61. The molecule has 3 fully saturated rings. The summed E-state index contributed by atoms with van der Waals surface area (Å²) in [6.07, 6.45) is 9.44. The summed E-state index contributed by atoms with van der Waals surface area (Å²) in [6.45, 7) is 4.17. The lowest BCUT2D eigenvalue weighted by atomic mass is 10.1. The average Bonchev–Trinajstić information content (AvgIpc) is 2.97. The Balaban J connectivity index is 1.45. The van der Waals surface area contributed by atoms with E-state index in [4.69, 9.17) is 4.74 Å². The standard InChI is InChI=1S/C16H28N2O2/c1-12-4-7-15(20-12)8-9-16(19)18(14-5-6-14)11-13-3-2-10-17-13/h12-15,17H,2-11H2,1H3/t12-,13-,15+/m1/s1. The first-order valence-electron chi connectivity index (χ1n) is 8.40. The van der Waals surface area contributed by atoms with Crippen LogP contribution >= 0.6 is 0 Å². The van der Waals surface area contributed by atoms with Crippen LogP contribution in [0, 0.1) is 0 Å². The fourth-order valence-corrected chi connectivity index (χ4v) is 3.52. The summed E-state index contributed by atoms with van der Waals surface area (Å²) in [7, 11) is 0. The van der Waals surface area contributed by atoms with Gasteiger partial charge < -0.3 is 15.0 Å². The van der Waals surface area contributed by atoms with Crippen LogP contribution in [0.25, 0.3) is 0 Å². The van der Waals surface area contributed by atoms with Crippen LogP contribution < -0.4 is 5.32 Å². The summed E-state index contributed by atoms with van der Waals surface area (Å²) in [5.41, 5.74) is 0. The molecule has 1 saturated carbocycles. The van der Waals surface area contributed by atoms with Crippen molar-refractivity contribution in [1.29, 1.82) is 0 Å².